The highest BCUT2D eigenvalue weighted by Crippen LogP contribution is 2.45. The van der Waals surface area contributed by atoms with E-state index in [2.05, 4.69) is 18.6 Å². The topological polar surface area (TPSA) is 90.9 Å². The van der Waals surface area contributed by atoms with Crippen LogP contribution in [0.3, 0.4) is 0 Å². The molecular formula is C20H33F8NO6S. The fraction of sp³-hybridized carbons (Fsp3) is 0.950. The number of carbonyl (C=O) groups excluding carboxylic acids is 1. The molecule has 0 saturated carbocycles. The molecule has 0 aromatic heterocycles. The Labute approximate surface area is 205 Å². The summed E-state index contributed by atoms with van der Waals surface area (Å²) in [6, 6.07) is 0. The van der Waals surface area contributed by atoms with Gasteiger partial charge in [-0.3, -0.25) is 8.98 Å². The molecule has 1 amide bonds. The lowest BCUT2D eigenvalue weighted by molar-refractivity contribution is -0.464. The van der Waals surface area contributed by atoms with E-state index in [4.69, 9.17) is 8.92 Å². The fourth-order valence-corrected chi connectivity index (χ4v) is 4.00. The molecule has 216 valence electrons. The van der Waals surface area contributed by atoms with Gasteiger partial charge in [0, 0.05) is 13.5 Å². The molecule has 5 atom stereocenters. The lowest BCUT2D eigenvalue weighted by Gasteiger charge is -2.42. The second kappa shape index (κ2) is 12.5. The number of halogens is 8. The number of ether oxygens (including phenoxy) is 2. The quantitative estimate of drug-likeness (QED) is 0.301. The first kappa shape index (κ1) is 34.7. The summed E-state index contributed by atoms with van der Waals surface area (Å²) in [6.07, 6.45) is -12.3. The Bertz CT molecular complexity index is 822. The van der Waals surface area contributed by atoms with Crippen molar-refractivity contribution in [1.82, 2.24) is 5.32 Å². The lowest BCUT2D eigenvalue weighted by Crippen LogP contribution is -2.53. The summed E-state index contributed by atoms with van der Waals surface area (Å²) in [6.45, 7) is 8.71. The fourth-order valence-electron chi connectivity index (χ4n) is 3.27. The monoisotopic (exact) mass is 567 g/mol. The Kier molecular flexibility index (Phi) is 12.1. The Morgan fingerprint density at radius 3 is 1.83 bits per heavy atom. The van der Waals surface area contributed by atoms with E-state index in [-0.39, 0.29) is 30.8 Å². The van der Waals surface area contributed by atoms with Gasteiger partial charge in [0.05, 0.1) is 24.9 Å². The van der Waals surface area contributed by atoms with E-state index in [9.17, 15) is 48.3 Å². The molecule has 7 nitrogen and oxygen atoms in total. The van der Waals surface area contributed by atoms with Crippen molar-refractivity contribution in [3.05, 3.63) is 0 Å². The predicted octanol–water partition coefficient (Wildman–Crippen LogP) is 4.81. The number of hydrogen-bond donors (Lipinski definition) is 1. The molecule has 0 aromatic carbocycles. The second-order valence-corrected chi connectivity index (χ2v) is 10.2. The minimum atomic E-state index is -5.96. The maximum atomic E-state index is 13.0. The van der Waals surface area contributed by atoms with Crippen LogP contribution in [0.2, 0.25) is 0 Å². The highest BCUT2D eigenvalue weighted by atomic mass is 32.2. The summed E-state index contributed by atoms with van der Waals surface area (Å²) < 4.78 is 137. The van der Waals surface area contributed by atoms with E-state index < -0.39 is 53.4 Å². The van der Waals surface area contributed by atoms with Crippen molar-refractivity contribution in [2.45, 2.75) is 96.8 Å². The maximum Gasteiger partial charge on any atom is 0.424 e. The van der Waals surface area contributed by atoms with Crippen molar-refractivity contribution < 1.29 is 62.0 Å². The first-order chi connectivity index (χ1) is 15.9. The number of amides is 1. The average Bonchev–Trinajstić information content (AvgIpc) is 2.65. The molecule has 0 radical (unpaired) electrons. The number of rotatable bonds is 10. The molecule has 1 fully saturated rings. The molecule has 0 aromatic rings. The van der Waals surface area contributed by atoms with Crippen LogP contribution in [-0.2, 0) is 28.6 Å². The van der Waals surface area contributed by atoms with Gasteiger partial charge in [-0.2, -0.15) is 43.5 Å². The van der Waals surface area contributed by atoms with Gasteiger partial charge < -0.3 is 10.1 Å². The van der Waals surface area contributed by atoms with Crippen LogP contribution in [-0.4, -0.2) is 69.5 Å². The van der Waals surface area contributed by atoms with Crippen LogP contribution in [0, 0.1) is 11.8 Å². The highest BCUT2D eigenvalue weighted by molar-refractivity contribution is 7.86. The zero-order chi connectivity index (χ0) is 28.9. The summed E-state index contributed by atoms with van der Waals surface area (Å²) in [4.78, 5) is 10.8. The summed E-state index contributed by atoms with van der Waals surface area (Å²) in [5.41, 5.74) is 0. The first-order valence-electron chi connectivity index (χ1n) is 10.9. The zero-order valence-corrected chi connectivity index (χ0v) is 21.7. The van der Waals surface area contributed by atoms with Crippen LogP contribution in [0.15, 0.2) is 0 Å². The SMILES string of the molecule is CCNC(=O)CC(F)(F)C(F)(F)OC(F)(F)C(C)(F)F.CC[C@H]1O[C@@H](C)[C@@H](OS(C)(=O)=O)[C@@H](C)[C@@H]1C. The number of nitrogens with one attached hydrogen (secondary N) is 1. The molecule has 16 heteroatoms. The lowest BCUT2D eigenvalue weighted by atomic mass is 9.81. The van der Waals surface area contributed by atoms with E-state index in [0.29, 0.717) is 5.92 Å². The molecule has 0 spiro atoms. The van der Waals surface area contributed by atoms with Crippen molar-refractivity contribution in [1.29, 1.82) is 0 Å². The van der Waals surface area contributed by atoms with E-state index >= 15 is 0 Å². The van der Waals surface area contributed by atoms with Gasteiger partial charge in [-0.25, -0.2) is 4.74 Å². The van der Waals surface area contributed by atoms with E-state index in [1.165, 1.54) is 6.92 Å². The van der Waals surface area contributed by atoms with Crippen LogP contribution in [0.25, 0.3) is 0 Å². The number of carbonyl (C=O) groups is 1. The largest absolute Gasteiger partial charge is 0.424 e. The molecule has 1 aliphatic rings. The summed E-state index contributed by atoms with van der Waals surface area (Å²) >= 11 is 0. The molecule has 1 heterocycles. The summed E-state index contributed by atoms with van der Waals surface area (Å²) in [5.74, 6) is -11.6. The third kappa shape index (κ3) is 9.89. The molecule has 0 bridgehead atoms. The van der Waals surface area contributed by atoms with Gasteiger partial charge in [0.1, 0.15) is 6.10 Å². The van der Waals surface area contributed by atoms with Crippen molar-refractivity contribution in [3.8, 4) is 0 Å². The maximum absolute atomic E-state index is 13.0. The Morgan fingerprint density at radius 1 is 0.944 bits per heavy atom. The minimum Gasteiger partial charge on any atom is -0.372 e. The van der Waals surface area contributed by atoms with Crippen LogP contribution >= 0.6 is 0 Å². The second-order valence-electron chi connectivity index (χ2n) is 8.63. The smallest absolute Gasteiger partial charge is 0.372 e. The van der Waals surface area contributed by atoms with Gasteiger partial charge in [0.2, 0.25) is 5.91 Å². The van der Waals surface area contributed by atoms with E-state index in [0.717, 1.165) is 12.7 Å². The van der Waals surface area contributed by atoms with Gasteiger partial charge >= 0.3 is 24.1 Å². The van der Waals surface area contributed by atoms with Gasteiger partial charge in [-0.05, 0) is 32.1 Å². The average molecular weight is 568 g/mol. The molecule has 36 heavy (non-hydrogen) atoms. The van der Waals surface area contributed by atoms with Crippen molar-refractivity contribution in [2.24, 2.45) is 11.8 Å². The van der Waals surface area contributed by atoms with Crippen molar-refractivity contribution in [2.75, 3.05) is 12.8 Å². The molecule has 0 unspecified atom stereocenters. The van der Waals surface area contributed by atoms with E-state index in [1.54, 1.807) is 5.32 Å². The number of hydrogen-bond acceptors (Lipinski definition) is 6. The van der Waals surface area contributed by atoms with Gasteiger partial charge in [-0.15, -0.1) is 0 Å². The summed E-state index contributed by atoms with van der Waals surface area (Å²) in [7, 11) is -3.42. The normalized spacial score (nSPS) is 26.1. The predicted molar refractivity (Wildman–Crippen MR) is 113 cm³/mol. The third-order valence-corrected chi connectivity index (χ3v) is 6.00. The van der Waals surface area contributed by atoms with Crippen molar-refractivity contribution >= 4 is 16.0 Å². The Balaban J connectivity index is 0.000000696. The molecule has 1 N–H and O–H groups in total. The summed E-state index contributed by atoms with van der Waals surface area (Å²) in [5, 5.41) is 1.72. The van der Waals surface area contributed by atoms with Gasteiger partial charge in [0.25, 0.3) is 10.1 Å². The Morgan fingerprint density at radius 2 is 1.44 bits per heavy atom. The third-order valence-electron chi connectivity index (χ3n) is 5.42. The van der Waals surface area contributed by atoms with Crippen LogP contribution < -0.4 is 5.32 Å². The molecule has 1 saturated heterocycles. The standard InChI is InChI=1S/C11H22O4S.C9H11F8NO2/c1-6-10-7(2)8(3)11(9(4)14-10)15-16(5,12)13;1-3-18-5(19)4-7(12,13)9(16,17)20-8(14,15)6(2,10)11/h7-11H,6H2,1-5H3;3-4H2,1-2H3,(H,18,19)/t7-,8-,9-,10+,11-;/m0./s1. The Hall–Kier alpha value is -1.26. The van der Waals surface area contributed by atoms with Crippen LogP contribution in [0.1, 0.15) is 54.4 Å². The van der Waals surface area contributed by atoms with Gasteiger partial charge in [0.15, 0.2) is 0 Å². The highest BCUT2D eigenvalue weighted by Gasteiger charge is 2.67. The van der Waals surface area contributed by atoms with E-state index in [1.807, 2.05) is 13.8 Å². The number of alkyl halides is 8. The first-order valence-corrected chi connectivity index (χ1v) is 12.8. The molecule has 1 rings (SSSR count). The van der Waals surface area contributed by atoms with Crippen LogP contribution in [0.4, 0.5) is 35.1 Å². The minimum absolute atomic E-state index is 0.175. The van der Waals surface area contributed by atoms with Gasteiger partial charge in [-0.1, -0.05) is 20.8 Å². The molecular weight excluding hydrogens is 534 g/mol. The van der Waals surface area contributed by atoms with Crippen LogP contribution in [0.5, 0.6) is 0 Å². The van der Waals surface area contributed by atoms with Crippen molar-refractivity contribution in [3.63, 3.8) is 0 Å². The molecule has 0 aliphatic carbocycles. The zero-order valence-electron chi connectivity index (χ0n) is 20.9. The molecule has 1 aliphatic heterocycles.